The monoisotopic (exact) mass is 276 g/mol. The zero-order chi connectivity index (χ0) is 13.2. The molecule has 0 aliphatic carbocycles. The van der Waals surface area contributed by atoms with Crippen LogP contribution in [0, 0.1) is 6.92 Å². The Morgan fingerprint density at radius 1 is 1.42 bits per heavy atom. The number of aryl methyl sites for hydroxylation is 1. The van der Waals surface area contributed by atoms with Crippen LogP contribution in [0.15, 0.2) is 16.4 Å². The van der Waals surface area contributed by atoms with Crippen molar-refractivity contribution in [2.75, 3.05) is 11.9 Å². The largest absolute Gasteiger partial charge is 0.369 e. The van der Waals surface area contributed by atoms with Crippen LogP contribution in [0.1, 0.15) is 11.5 Å². The van der Waals surface area contributed by atoms with Crippen molar-refractivity contribution in [1.82, 2.24) is 25.1 Å². The molecule has 19 heavy (non-hydrogen) atoms. The highest BCUT2D eigenvalue weighted by Crippen LogP contribution is 2.17. The molecular weight excluding hydrogens is 264 g/mol. The van der Waals surface area contributed by atoms with E-state index in [0.717, 1.165) is 29.0 Å². The second-order valence-electron chi connectivity index (χ2n) is 4.10. The van der Waals surface area contributed by atoms with Gasteiger partial charge in [0.05, 0.1) is 11.6 Å². The fraction of sp³-hybridized carbons (Fsp3) is 0.273. The second-order valence-corrected chi connectivity index (χ2v) is 4.94. The number of thiazole rings is 1. The van der Waals surface area contributed by atoms with Gasteiger partial charge in [-0.15, -0.1) is 0 Å². The third kappa shape index (κ3) is 2.48. The number of rotatable bonds is 4. The van der Waals surface area contributed by atoms with Gasteiger partial charge in [0, 0.05) is 24.0 Å². The van der Waals surface area contributed by atoms with Crippen LogP contribution < -0.4 is 10.2 Å². The number of nitrogens with zero attached hydrogens (tertiary/aromatic N) is 3. The summed E-state index contributed by atoms with van der Waals surface area (Å²) in [5, 5.41) is 12.7. The van der Waals surface area contributed by atoms with Crippen LogP contribution in [0.3, 0.4) is 0 Å². The van der Waals surface area contributed by atoms with E-state index in [1.54, 1.807) is 6.20 Å². The van der Waals surface area contributed by atoms with Crippen LogP contribution in [-0.2, 0) is 6.42 Å². The van der Waals surface area contributed by atoms with Crippen molar-refractivity contribution in [3.8, 4) is 0 Å². The quantitative estimate of drug-likeness (QED) is 0.662. The fourth-order valence-corrected chi connectivity index (χ4v) is 2.45. The Labute approximate surface area is 112 Å². The first-order valence-electron chi connectivity index (χ1n) is 5.80. The molecule has 0 aromatic carbocycles. The zero-order valence-corrected chi connectivity index (χ0v) is 11.0. The Balaban J connectivity index is 1.74. The second kappa shape index (κ2) is 4.81. The number of nitrogens with one attached hydrogen (secondary N) is 3. The summed E-state index contributed by atoms with van der Waals surface area (Å²) in [6.45, 7) is 2.52. The Kier molecular flexibility index (Phi) is 3.00. The van der Waals surface area contributed by atoms with Crippen LogP contribution in [0.5, 0.6) is 0 Å². The topological polar surface area (TPSA) is 99.4 Å². The Hall–Kier alpha value is -2.22. The van der Waals surface area contributed by atoms with Crippen molar-refractivity contribution in [1.29, 1.82) is 0 Å². The summed E-state index contributed by atoms with van der Waals surface area (Å²) in [4.78, 5) is 22.4. The number of fused-ring (bicyclic) bond motifs is 1. The van der Waals surface area contributed by atoms with E-state index >= 15 is 0 Å². The van der Waals surface area contributed by atoms with Crippen molar-refractivity contribution < 1.29 is 0 Å². The minimum atomic E-state index is -0.0231. The van der Waals surface area contributed by atoms with Crippen LogP contribution in [0.4, 0.5) is 5.82 Å². The summed E-state index contributed by atoms with van der Waals surface area (Å²) in [7, 11) is 0. The number of anilines is 1. The van der Waals surface area contributed by atoms with Crippen LogP contribution in [0.2, 0.25) is 0 Å². The van der Waals surface area contributed by atoms with Gasteiger partial charge in [0.15, 0.2) is 5.65 Å². The van der Waals surface area contributed by atoms with Gasteiger partial charge in [-0.3, -0.25) is 9.89 Å². The molecule has 8 heteroatoms. The van der Waals surface area contributed by atoms with Crippen molar-refractivity contribution in [3.63, 3.8) is 0 Å². The van der Waals surface area contributed by atoms with Gasteiger partial charge in [-0.25, -0.2) is 9.97 Å². The molecule has 3 aromatic heterocycles. The number of hydrogen-bond donors (Lipinski definition) is 3. The van der Waals surface area contributed by atoms with Crippen molar-refractivity contribution in [2.45, 2.75) is 13.3 Å². The highest BCUT2D eigenvalue weighted by molar-refractivity contribution is 7.07. The molecule has 0 spiro atoms. The highest BCUT2D eigenvalue weighted by atomic mass is 32.1. The number of hydrogen-bond acceptors (Lipinski definition) is 6. The standard InChI is InChI=1S/C11H12N6OS/c1-6-14-9(8-4-13-17-10(8)15-6)12-3-2-7-5-19-11(18)16-7/h4-5H,2-3H2,1H3,(H,16,18)(H2,12,13,14,15,17). The molecule has 3 N–H and O–H groups in total. The van der Waals surface area contributed by atoms with Gasteiger partial charge >= 0.3 is 4.87 Å². The normalized spacial score (nSPS) is 11.0. The zero-order valence-electron chi connectivity index (χ0n) is 10.2. The first-order chi connectivity index (χ1) is 9.22. The smallest absolute Gasteiger partial charge is 0.304 e. The summed E-state index contributed by atoms with van der Waals surface area (Å²) < 4.78 is 0. The maximum atomic E-state index is 11.0. The van der Waals surface area contributed by atoms with E-state index in [1.807, 2.05) is 12.3 Å². The van der Waals surface area contributed by atoms with Gasteiger partial charge in [-0.05, 0) is 6.92 Å². The molecule has 7 nitrogen and oxygen atoms in total. The van der Waals surface area contributed by atoms with E-state index in [-0.39, 0.29) is 4.87 Å². The molecule has 0 fully saturated rings. The van der Waals surface area contributed by atoms with Gasteiger partial charge in [0.1, 0.15) is 11.6 Å². The molecule has 3 rings (SSSR count). The first kappa shape index (κ1) is 11.8. The Bertz CT molecular complexity index is 758. The number of aromatic amines is 2. The minimum Gasteiger partial charge on any atom is -0.369 e. The molecule has 0 bridgehead atoms. The van der Waals surface area contributed by atoms with Gasteiger partial charge in [0.2, 0.25) is 0 Å². The average molecular weight is 276 g/mol. The highest BCUT2D eigenvalue weighted by Gasteiger charge is 2.07. The summed E-state index contributed by atoms with van der Waals surface area (Å²) in [6, 6.07) is 0. The Morgan fingerprint density at radius 3 is 3.11 bits per heavy atom. The summed E-state index contributed by atoms with van der Waals surface area (Å²) in [5.74, 6) is 1.44. The molecule has 0 saturated heterocycles. The van der Waals surface area contributed by atoms with Crippen molar-refractivity contribution in [3.05, 3.63) is 32.8 Å². The maximum Gasteiger partial charge on any atom is 0.304 e. The molecule has 0 amide bonds. The van der Waals surface area contributed by atoms with E-state index in [2.05, 4.69) is 30.5 Å². The lowest BCUT2D eigenvalue weighted by molar-refractivity contribution is 0.955. The van der Waals surface area contributed by atoms with E-state index in [9.17, 15) is 4.79 Å². The van der Waals surface area contributed by atoms with Gasteiger partial charge in [-0.1, -0.05) is 11.3 Å². The molecule has 0 radical (unpaired) electrons. The van der Waals surface area contributed by atoms with E-state index in [1.165, 1.54) is 11.3 Å². The predicted octanol–water partition coefficient (Wildman–Crippen LogP) is 1.07. The van der Waals surface area contributed by atoms with E-state index in [0.29, 0.717) is 12.4 Å². The maximum absolute atomic E-state index is 11.0. The molecule has 98 valence electrons. The van der Waals surface area contributed by atoms with Crippen LogP contribution in [0.25, 0.3) is 11.0 Å². The lowest BCUT2D eigenvalue weighted by atomic mass is 10.3. The average Bonchev–Trinajstić information content (AvgIpc) is 2.98. The molecule has 3 heterocycles. The third-order valence-electron chi connectivity index (χ3n) is 2.68. The lowest BCUT2D eigenvalue weighted by Crippen LogP contribution is -2.09. The van der Waals surface area contributed by atoms with Gasteiger partial charge in [0.25, 0.3) is 0 Å². The number of H-pyrrole nitrogens is 2. The molecule has 0 atom stereocenters. The van der Waals surface area contributed by atoms with E-state index in [4.69, 9.17) is 0 Å². The number of aromatic nitrogens is 5. The summed E-state index contributed by atoms with van der Waals surface area (Å²) in [5.41, 5.74) is 1.65. The molecule has 0 aliphatic heterocycles. The molecule has 0 saturated carbocycles. The van der Waals surface area contributed by atoms with Gasteiger partial charge < -0.3 is 10.3 Å². The summed E-state index contributed by atoms with van der Waals surface area (Å²) >= 11 is 1.18. The minimum absolute atomic E-state index is 0.0231. The van der Waals surface area contributed by atoms with Crippen LogP contribution in [-0.4, -0.2) is 31.7 Å². The van der Waals surface area contributed by atoms with Crippen LogP contribution >= 0.6 is 11.3 Å². The van der Waals surface area contributed by atoms with Crippen molar-refractivity contribution >= 4 is 28.2 Å². The SMILES string of the molecule is Cc1nc(NCCc2csc(=O)[nH]2)c2cn[nH]c2n1. The van der Waals surface area contributed by atoms with Crippen molar-refractivity contribution in [2.24, 2.45) is 0 Å². The third-order valence-corrected chi connectivity index (χ3v) is 3.40. The molecular formula is C11H12N6OS. The van der Waals surface area contributed by atoms with E-state index < -0.39 is 0 Å². The Morgan fingerprint density at radius 2 is 2.32 bits per heavy atom. The molecule has 3 aromatic rings. The first-order valence-corrected chi connectivity index (χ1v) is 6.68. The fourth-order valence-electron chi connectivity index (χ4n) is 1.83. The van der Waals surface area contributed by atoms with Gasteiger partial charge in [-0.2, -0.15) is 5.10 Å². The summed E-state index contributed by atoms with van der Waals surface area (Å²) in [6.07, 6.45) is 2.44. The predicted molar refractivity (Wildman–Crippen MR) is 73.6 cm³/mol. The molecule has 0 unspecified atom stereocenters. The molecule has 0 aliphatic rings. The lowest BCUT2D eigenvalue weighted by Gasteiger charge is -2.06.